The summed E-state index contributed by atoms with van der Waals surface area (Å²) in [6.07, 6.45) is 0.359. The highest BCUT2D eigenvalue weighted by Gasteiger charge is 2.18. The molecule has 6 heteroatoms. The molecule has 1 aromatic heterocycles. The molecular formula is C13H22N4O2. The summed E-state index contributed by atoms with van der Waals surface area (Å²) < 4.78 is 0. The van der Waals surface area contributed by atoms with E-state index in [4.69, 9.17) is 5.11 Å². The van der Waals surface area contributed by atoms with Gasteiger partial charge in [-0.1, -0.05) is 6.92 Å². The number of rotatable bonds is 4. The summed E-state index contributed by atoms with van der Waals surface area (Å²) >= 11 is 0. The first-order chi connectivity index (χ1) is 9.15. The van der Waals surface area contributed by atoms with Gasteiger partial charge >= 0.3 is 0 Å². The number of H-pyrrole nitrogens is 1. The number of nitrogens with one attached hydrogen (secondary N) is 1. The van der Waals surface area contributed by atoms with Crippen molar-refractivity contribution in [2.45, 2.75) is 20.3 Å². The highest BCUT2D eigenvalue weighted by molar-refractivity contribution is 5.33. The molecule has 1 aliphatic heterocycles. The van der Waals surface area contributed by atoms with Crippen LogP contribution in [0.4, 0.5) is 5.95 Å². The fraction of sp³-hybridized carbons (Fsp3) is 0.692. The van der Waals surface area contributed by atoms with E-state index in [-0.39, 0.29) is 12.2 Å². The van der Waals surface area contributed by atoms with Crippen LogP contribution in [0.25, 0.3) is 0 Å². The van der Waals surface area contributed by atoms with Gasteiger partial charge in [-0.2, -0.15) is 0 Å². The van der Waals surface area contributed by atoms with Crippen LogP contribution in [0.1, 0.15) is 18.2 Å². The number of likely N-dealkylation sites (N-methyl/N-ethyl adjacent to an activating group) is 1. The summed E-state index contributed by atoms with van der Waals surface area (Å²) in [6.45, 7) is 8.78. The Morgan fingerprint density at radius 1 is 1.32 bits per heavy atom. The third-order valence-corrected chi connectivity index (χ3v) is 3.69. The molecule has 0 radical (unpaired) electrons. The molecule has 1 saturated heterocycles. The highest BCUT2D eigenvalue weighted by Crippen LogP contribution is 2.11. The molecule has 0 atom stereocenters. The molecule has 19 heavy (non-hydrogen) atoms. The van der Waals surface area contributed by atoms with Crippen LogP contribution < -0.4 is 10.5 Å². The van der Waals surface area contributed by atoms with E-state index in [2.05, 4.69) is 26.7 Å². The number of aryl methyl sites for hydroxylation is 1. The molecule has 0 aromatic carbocycles. The average Bonchev–Trinajstić information content (AvgIpc) is 2.43. The molecule has 2 N–H and O–H groups in total. The van der Waals surface area contributed by atoms with E-state index in [1.54, 1.807) is 0 Å². The van der Waals surface area contributed by atoms with Crippen molar-refractivity contribution in [3.05, 3.63) is 21.6 Å². The third kappa shape index (κ3) is 3.13. The number of aromatic amines is 1. The summed E-state index contributed by atoms with van der Waals surface area (Å²) in [6, 6.07) is 0. The predicted octanol–water partition coefficient (Wildman–Crippen LogP) is -0.245. The number of hydrogen-bond acceptors (Lipinski definition) is 5. The van der Waals surface area contributed by atoms with Crippen molar-refractivity contribution in [2.24, 2.45) is 0 Å². The van der Waals surface area contributed by atoms with Crippen molar-refractivity contribution in [1.82, 2.24) is 14.9 Å². The van der Waals surface area contributed by atoms with Gasteiger partial charge in [-0.3, -0.25) is 9.78 Å². The molecule has 1 aromatic rings. The van der Waals surface area contributed by atoms with Gasteiger partial charge in [0.15, 0.2) is 0 Å². The zero-order valence-electron chi connectivity index (χ0n) is 11.6. The minimum Gasteiger partial charge on any atom is -0.396 e. The van der Waals surface area contributed by atoms with E-state index in [1.807, 2.05) is 6.92 Å². The van der Waals surface area contributed by atoms with Gasteiger partial charge in [-0.25, -0.2) is 4.98 Å². The van der Waals surface area contributed by atoms with Crippen molar-refractivity contribution in [1.29, 1.82) is 0 Å². The maximum Gasteiger partial charge on any atom is 0.255 e. The zero-order valence-corrected chi connectivity index (χ0v) is 11.6. The molecule has 106 valence electrons. The van der Waals surface area contributed by atoms with Crippen molar-refractivity contribution in [3.63, 3.8) is 0 Å². The van der Waals surface area contributed by atoms with Gasteiger partial charge < -0.3 is 14.9 Å². The van der Waals surface area contributed by atoms with E-state index in [9.17, 15) is 4.79 Å². The topological polar surface area (TPSA) is 72.5 Å². The number of anilines is 1. The number of nitrogens with zero attached hydrogens (tertiary/aromatic N) is 3. The standard InChI is InChI=1S/C13H22N4O2/c1-3-16-5-7-17(8-6-16)13-14-10(2)11(4-9-18)12(19)15-13/h18H,3-9H2,1-2H3,(H,14,15,19). The Balaban J connectivity index is 2.16. The lowest BCUT2D eigenvalue weighted by atomic mass is 10.2. The Labute approximate surface area is 113 Å². The lowest BCUT2D eigenvalue weighted by Gasteiger charge is -2.34. The maximum absolute atomic E-state index is 12.0. The first-order valence-corrected chi connectivity index (χ1v) is 6.83. The summed E-state index contributed by atoms with van der Waals surface area (Å²) in [5.74, 6) is 0.653. The minimum absolute atomic E-state index is 0.0277. The number of hydrogen-bond donors (Lipinski definition) is 2. The minimum atomic E-state index is -0.130. The SMILES string of the molecule is CCN1CCN(c2nc(C)c(CCO)c(=O)[nH]2)CC1. The fourth-order valence-corrected chi connectivity index (χ4v) is 2.43. The van der Waals surface area contributed by atoms with Crippen LogP contribution in [-0.4, -0.2) is 59.3 Å². The second-order valence-electron chi connectivity index (χ2n) is 4.85. The van der Waals surface area contributed by atoms with Crippen molar-refractivity contribution < 1.29 is 5.11 Å². The second kappa shape index (κ2) is 6.16. The normalized spacial score (nSPS) is 16.9. The van der Waals surface area contributed by atoms with E-state index >= 15 is 0 Å². The second-order valence-corrected chi connectivity index (χ2v) is 4.85. The van der Waals surface area contributed by atoms with Crippen LogP contribution in [-0.2, 0) is 6.42 Å². The number of piperazine rings is 1. The summed E-state index contributed by atoms with van der Waals surface area (Å²) in [7, 11) is 0. The molecule has 0 unspecified atom stereocenters. The Kier molecular flexibility index (Phi) is 4.55. The van der Waals surface area contributed by atoms with Gasteiger partial charge in [0.1, 0.15) is 0 Å². The number of aliphatic hydroxyl groups excluding tert-OH is 1. The first kappa shape index (κ1) is 14.0. The average molecular weight is 266 g/mol. The fourth-order valence-electron chi connectivity index (χ4n) is 2.43. The van der Waals surface area contributed by atoms with Crippen LogP contribution in [0.5, 0.6) is 0 Å². The van der Waals surface area contributed by atoms with E-state index < -0.39 is 0 Å². The van der Waals surface area contributed by atoms with Gasteiger partial charge in [0.05, 0.1) is 5.69 Å². The van der Waals surface area contributed by atoms with Gasteiger partial charge in [0, 0.05) is 44.8 Å². The third-order valence-electron chi connectivity index (χ3n) is 3.69. The molecule has 0 saturated carbocycles. The first-order valence-electron chi connectivity index (χ1n) is 6.83. The molecule has 0 aliphatic carbocycles. The van der Waals surface area contributed by atoms with Crippen LogP contribution in [0, 0.1) is 6.92 Å². The quantitative estimate of drug-likeness (QED) is 0.786. The lowest BCUT2D eigenvalue weighted by Crippen LogP contribution is -2.47. The van der Waals surface area contributed by atoms with Crippen LogP contribution in [0.15, 0.2) is 4.79 Å². The zero-order chi connectivity index (χ0) is 13.8. The highest BCUT2D eigenvalue weighted by atomic mass is 16.3. The molecule has 0 bridgehead atoms. The van der Waals surface area contributed by atoms with E-state index in [1.165, 1.54) is 0 Å². The summed E-state index contributed by atoms with van der Waals surface area (Å²) in [4.78, 5) is 23.8. The predicted molar refractivity (Wildman–Crippen MR) is 74.7 cm³/mol. The van der Waals surface area contributed by atoms with E-state index in [0.717, 1.165) is 32.7 Å². The van der Waals surface area contributed by atoms with Crippen LogP contribution in [0.2, 0.25) is 0 Å². The summed E-state index contributed by atoms with van der Waals surface area (Å²) in [5.41, 5.74) is 1.17. The van der Waals surface area contributed by atoms with E-state index in [0.29, 0.717) is 23.6 Å². The Morgan fingerprint density at radius 2 is 2.00 bits per heavy atom. The molecule has 0 spiro atoms. The van der Waals surface area contributed by atoms with Crippen molar-refractivity contribution >= 4 is 5.95 Å². The Morgan fingerprint density at radius 3 is 2.53 bits per heavy atom. The van der Waals surface area contributed by atoms with Gasteiger partial charge in [-0.15, -0.1) is 0 Å². The number of aliphatic hydroxyl groups is 1. The van der Waals surface area contributed by atoms with Gasteiger partial charge in [0.2, 0.25) is 5.95 Å². The van der Waals surface area contributed by atoms with Gasteiger partial charge in [-0.05, 0) is 13.5 Å². The van der Waals surface area contributed by atoms with Crippen molar-refractivity contribution in [2.75, 3.05) is 44.2 Å². The maximum atomic E-state index is 12.0. The molecular weight excluding hydrogens is 244 g/mol. The smallest absolute Gasteiger partial charge is 0.255 e. The van der Waals surface area contributed by atoms with Crippen LogP contribution >= 0.6 is 0 Å². The lowest BCUT2D eigenvalue weighted by molar-refractivity contribution is 0.269. The summed E-state index contributed by atoms with van der Waals surface area (Å²) in [5, 5.41) is 8.95. The monoisotopic (exact) mass is 266 g/mol. The molecule has 2 heterocycles. The van der Waals surface area contributed by atoms with Crippen molar-refractivity contribution in [3.8, 4) is 0 Å². The number of aromatic nitrogens is 2. The Bertz CT molecular complexity index is 478. The molecule has 1 fully saturated rings. The molecule has 2 rings (SSSR count). The van der Waals surface area contributed by atoms with Crippen LogP contribution in [0.3, 0.4) is 0 Å². The molecule has 0 amide bonds. The molecule has 1 aliphatic rings. The van der Waals surface area contributed by atoms with Gasteiger partial charge in [0.25, 0.3) is 5.56 Å². The Hall–Kier alpha value is -1.40. The molecule has 6 nitrogen and oxygen atoms in total. The largest absolute Gasteiger partial charge is 0.396 e.